The van der Waals surface area contributed by atoms with E-state index in [1.54, 1.807) is 37.3 Å². The van der Waals surface area contributed by atoms with Crippen LogP contribution in [0.5, 0.6) is 0 Å². The van der Waals surface area contributed by atoms with Crippen molar-refractivity contribution in [3.8, 4) is 0 Å². The summed E-state index contributed by atoms with van der Waals surface area (Å²) in [7, 11) is 0. The molecule has 0 aliphatic heterocycles. The summed E-state index contributed by atoms with van der Waals surface area (Å²) < 4.78 is 0. The van der Waals surface area contributed by atoms with E-state index in [0.29, 0.717) is 11.3 Å². The predicted molar refractivity (Wildman–Crippen MR) is 61.8 cm³/mol. The average Bonchev–Trinajstić information content (AvgIpc) is 2.25. The van der Waals surface area contributed by atoms with Crippen LogP contribution in [0.1, 0.15) is 25.5 Å². The van der Waals surface area contributed by atoms with Gasteiger partial charge in [-0.15, -0.1) is 0 Å². The summed E-state index contributed by atoms with van der Waals surface area (Å²) in [6.45, 7) is 3.04. The summed E-state index contributed by atoms with van der Waals surface area (Å²) in [6.07, 6.45) is 1.35. The van der Waals surface area contributed by atoms with Gasteiger partial charge in [-0.05, 0) is 25.5 Å². The van der Waals surface area contributed by atoms with Gasteiger partial charge < -0.3 is 15.2 Å². The van der Waals surface area contributed by atoms with Crippen LogP contribution in [0, 0.1) is 0 Å². The number of carboxylic acid groups (broad SMARTS) is 1. The van der Waals surface area contributed by atoms with Gasteiger partial charge in [-0.1, -0.05) is 30.3 Å². The molecule has 1 aromatic rings. The SMILES string of the molecule is CC(=O)C=C(C)N[C@@H](C(=O)[O-])c1ccccc1.[Na+]. The van der Waals surface area contributed by atoms with Gasteiger partial charge in [-0.25, -0.2) is 0 Å². The van der Waals surface area contributed by atoms with Gasteiger partial charge in [0.05, 0.1) is 12.0 Å². The number of allylic oxidation sites excluding steroid dienone is 2. The number of hydrogen-bond donors (Lipinski definition) is 1. The largest absolute Gasteiger partial charge is 1.00 e. The zero-order valence-corrected chi connectivity index (χ0v) is 12.8. The zero-order chi connectivity index (χ0) is 12.8. The molecular weight excluding hydrogens is 241 g/mol. The Morgan fingerprint density at radius 2 is 1.78 bits per heavy atom. The summed E-state index contributed by atoms with van der Waals surface area (Å²) in [6, 6.07) is 7.72. The molecule has 90 valence electrons. The molecule has 1 aromatic carbocycles. The Kier molecular flexibility index (Phi) is 7.59. The molecule has 1 N–H and O–H groups in total. The molecule has 0 spiro atoms. The van der Waals surface area contributed by atoms with Gasteiger partial charge in [0, 0.05) is 5.70 Å². The number of hydrogen-bond acceptors (Lipinski definition) is 4. The third-order valence-electron chi connectivity index (χ3n) is 2.16. The maximum Gasteiger partial charge on any atom is 1.00 e. The van der Waals surface area contributed by atoms with Crippen LogP contribution in [0.3, 0.4) is 0 Å². The van der Waals surface area contributed by atoms with Crippen molar-refractivity contribution in [2.24, 2.45) is 0 Å². The average molecular weight is 255 g/mol. The minimum Gasteiger partial charge on any atom is -0.548 e. The Morgan fingerprint density at radius 3 is 2.22 bits per heavy atom. The summed E-state index contributed by atoms with van der Waals surface area (Å²) in [4.78, 5) is 21.9. The van der Waals surface area contributed by atoms with E-state index in [1.807, 2.05) is 0 Å². The maximum absolute atomic E-state index is 11.0. The van der Waals surface area contributed by atoms with Crippen LogP contribution in [0.2, 0.25) is 0 Å². The fourth-order valence-corrected chi connectivity index (χ4v) is 1.50. The molecule has 0 radical (unpaired) electrons. The van der Waals surface area contributed by atoms with Crippen molar-refractivity contribution in [1.82, 2.24) is 5.32 Å². The topological polar surface area (TPSA) is 69.2 Å². The van der Waals surface area contributed by atoms with Crippen molar-refractivity contribution in [3.63, 3.8) is 0 Å². The van der Waals surface area contributed by atoms with Gasteiger partial charge in [0.2, 0.25) is 0 Å². The summed E-state index contributed by atoms with van der Waals surface area (Å²) >= 11 is 0. The van der Waals surface area contributed by atoms with E-state index in [0.717, 1.165) is 0 Å². The quantitative estimate of drug-likeness (QED) is 0.469. The van der Waals surface area contributed by atoms with Crippen molar-refractivity contribution in [2.75, 3.05) is 0 Å². The molecule has 0 heterocycles. The number of ketones is 1. The molecule has 4 nitrogen and oxygen atoms in total. The van der Waals surface area contributed by atoms with Gasteiger partial charge in [-0.2, -0.15) is 0 Å². The Balaban J connectivity index is 0.00000289. The molecule has 5 heteroatoms. The van der Waals surface area contributed by atoms with Crippen molar-refractivity contribution in [2.45, 2.75) is 19.9 Å². The van der Waals surface area contributed by atoms with Crippen LogP contribution in [-0.2, 0) is 9.59 Å². The molecule has 0 amide bonds. The van der Waals surface area contributed by atoms with Crippen molar-refractivity contribution >= 4 is 11.8 Å². The Hall–Kier alpha value is -1.10. The second kappa shape index (κ2) is 8.08. The molecule has 1 atom stereocenters. The van der Waals surface area contributed by atoms with E-state index in [2.05, 4.69) is 5.32 Å². The number of nitrogens with one attached hydrogen (secondary N) is 1. The van der Waals surface area contributed by atoms with Gasteiger partial charge in [0.25, 0.3) is 0 Å². The second-order valence-corrected chi connectivity index (χ2v) is 3.75. The first-order valence-corrected chi connectivity index (χ1v) is 5.22. The molecular formula is C13H14NNaO3. The normalized spacial score (nSPS) is 12.2. The molecule has 0 aromatic heterocycles. The van der Waals surface area contributed by atoms with Crippen LogP contribution >= 0.6 is 0 Å². The summed E-state index contributed by atoms with van der Waals surface area (Å²) in [5.41, 5.74) is 1.08. The molecule has 0 aliphatic rings. The molecule has 0 saturated heterocycles. The smallest absolute Gasteiger partial charge is 0.548 e. The predicted octanol–water partition coefficient (Wildman–Crippen LogP) is -2.44. The second-order valence-electron chi connectivity index (χ2n) is 3.75. The van der Waals surface area contributed by atoms with Crippen molar-refractivity contribution in [3.05, 3.63) is 47.7 Å². The summed E-state index contributed by atoms with van der Waals surface area (Å²) in [5.74, 6) is -1.37. The first-order valence-electron chi connectivity index (χ1n) is 5.22. The molecule has 0 unspecified atom stereocenters. The third kappa shape index (κ3) is 5.49. The van der Waals surface area contributed by atoms with Gasteiger partial charge in [0.15, 0.2) is 5.78 Å². The van der Waals surface area contributed by atoms with E-state index >= 15 is 0 Å². The van der Waals surface area contributed by atoms with E-state index in [1.165, 1.54) is 13.0 Å². The fourth-order valence-electron chi connectivity index (χ4n) is 1.50. The summed E-state index contributed by atoms with van der Waals surface area (Å²) in [5, 5.41) is 13.8. The number of carbonyl (C=O) groups excluding carboxylic acids is 2. The number of carboxylic acids is 1. The molecule has 18 heavy (non-hydrogen) atoms. The van der Waals surface area contributed by atoms with Crippen LogP contribution in [-0.4, -0.2) is 11.8 Å². The van der Waals surface area contributed by atoms with Gasteiger partial charge >= 0.3 is 29.6 Å². The van der Waals surface area contributed by atoms with Crippen molar-refractivity contribution < 1.29 is 44.3 Å². The van der Waals surface area contributed by atoms with E-state index in [-0.39, 0.29) is 35.3 Å². The minimum atomic E-state index is -1.23. The van der Waals surface area contributed by atoms with E-state index < -0.39 is 12.0 Å². The number of carbonyl (C=O) groups is 2. The van der Waals surface area contributed by atoms with Crippen LogP contribution in [0.15, 0.2) is 42.1 Å². The Bertz CT molecular complexity index is 443. The molecule has 0 saturated carbocycles. The van der Waals surface area contributed by atoms with Gasteiger partial charge in [0.1, 0.15) is 0 Å². The third-order valence-corrected chi connectivity index (χ3v) is 2.16. The Labute approximate surface area is 128 Å². The number of rotatable bonds is 5. The molecule has 0 aliphatic carbocycles. The first kappa shape index (κ1) is 16.9. The van der Waals surface area contributed by atoms with E-state index in [9.17, 15) is 14.7 Å². The fraction of sp³-hybridized carbons (Fsp3) is 0.231. The zero-order valence-electron chi connectivity index (χ0n) is 10.8. The van der Waals surface area contributed by atoms with Gasteiger partial charge in [-0.3, -0.25) is 4.79 Å². The van der Waals surface area contributed by atoms with Crippen molar-refractivity contribution in [1.29, 1.82) is 0 Å². The molecule has 1 rings (SSSR count). The monoisotopic (exact) mass is 255 g/mol. The number of benzene rings is 1. The standard InChI is InChI=1S/C13H15NO3.Na/c1-9(8-10(2)15)14-12(13(16)17)11-6-4-3-5-7-11;/h3-8,12,14H,1-2H3,(H,16,17);/q;+1/p-1/t12-;/m1./s1. The first-order chi connectivity index (χ1) is 8.00. The minimum absolute atomic E-state index is 0. The molecule has 0 fully saturated rings. The Morgan fingerprint density at radius 1 is 1.22 bits per heavy atom. The van der Waals surface area contributed by atoms with Crippen LogP contribution in [0.25, 0.3) is 0 Å². The molecule has 0 bridgehead atoms. The van der Waals surface area contributed by atoms with Crippen LogP contribution < -0.4 is 40.0 Å². The van der Waals surface area contributed by atoms with E-state index in [4.69, 9.17) is 0 Å². The van der Waals surface area contributed by atoms with Crippen LogP contribution in [0.4, 0.5) is 0 Å². The number of aliphatic carboxylic acids is 1. The maximum atomic E-state index is 11.0.